The molecular formula is C28H41NO5. The average molecular weight is 472 g/mol. The third kappa shape index (κ3) is 4.84. The van der Waals surface area contributed by atoms with E-state index in [1.165, 1.54) is 6.92 Å². The van der Waals surface area contributed by atoms with Gasteiger partial charge in [0.25, 0.3) is 0 Å². The van der Waals surface area contributed by atoms with Gasteiger partial charge in [-0.3, -0.25) is 14.4 Å². The van der Waals surface area contributed by atoms with Gasteiger partial charge in [0.05, 0.1) is 0 Å². The minimum absolute atomic E-state index is 0.0144. The molecule has 0 unspecified atom stereocenters. The van der Waals surface area contributed by atoms with Crippen molar-refractivity contribution in [1.82, 2.24) is 5.32 Å². The van der Waals surface area contributed by atoms with Gasteiger partial charge in [-0.1, -0.05) is 44.1 Å². The maximum Gasteiger partial charge on any atom is 0.235 e. The van der Waals surface area contributed by atoms with Crippen LogP contribution in [-0.4, -0.2) is 41.0 Å². The number of carbonyl (C=O) groups is 4. The molecule has 6 heteroatoms. The van der Waals surface area contributed by atoms with E-state index in [2.05, 4.69) is 39.1 Å². The third-order valence-corrected chi connectivity index (χ3v) is 8.24. The number of rotatable bonds is 5. The van der Waals surface area contributed by atoms with Crippen LogP contribution < -0.4 is 5.32 Å². The van der Waals surface area contributed by atoms with Crippen molar-refractivity contribution in [1.29, 1.82) is 0 Å². The highest BCUT2D eigenvalue weighted by Crippen LogP contribution is 2.56. The maximum absolute atomic E-state index is 14.5. The molecule has 3 rings (SSSR count). The van der Waals surface area contributed by atoms with Crippen LogP contribution in [0.5, 0.6) is 0 Å². The molecule has 1 heterocycles. The number of hydrogen-bond donors (Lipinski definition) is 2. The molecule has 7 atom stereocenters. The van der Waals surface area contributed by atoms with Crippen molar-refractivity contribution >= 4 is 23.3 Å². The summed E-state index contributed by atoms with van der Waals surface area (Å²) in [6.45, 7) is 11.6. The van der Waals surface area contributed by atoms with E-state index in [1.54, 1.807) is 0 Å². The summed E-state index contributed by atoms with van der Waals surface area (Å²) in [6, 6.07) is -0.143. The number of ketones is 3. The van der Waals surface area contributed by atoms with E-state index in [-0.39, 0.29) is 72.9 Å². The third-order valence-electron chi connectivity index (χ3n) is 8.24. The van der Waals surface area contributed by atoms with Gasteiger partial charge in [0.2, 0.25) is 5.91 Å². The number of Topliss-reactive ketones (excluding diaryl/α,β-unsaturated/α-hetero) is 3. The molecule has 0 saturated carbocycles. The Morgan fingerprint density at radius 3 is 2.41 bits per heavy atom. The number of aliphatic hydroxyl groups excluding tert-OH is 1. The zero-order valence-electron chi connectivity index (χ0n) is 21.5. The highest BCUT2D eigenvalue weighted by Gasteiger charge is 2.66. The lowest BCUT2D eigenvalue weighted by Gasteiger charge is -2.46. The Bertz CT molecular complexity index is 916. The van der Waals surface area contributed by atoms with Crippen LogP contribution in [0.3, 0.4) is 0 Å². The first kappa shape index (κ1) is 26.5. The molecular weight excluding hydrogens is 430 g/mol. The number of aliphatic hydroxyl groups is 1. The first-order valence-corrected chi connectivity index (χ1v) is 12.7. The standard InChI is InChI=1S/C28H41NO5/c1-15(2)7-24-25-19(6)17(4)10-22-9-16(3)8-20(14-30)12-23(32)13-21(11-18(5)31)26(33)28(22,25)27(34)29-24/h9-10,15,19-22,24-25,30H,7-8,11-14H2,1-6H3,(H,29,34)/t19-,20+,21-,22+,24+,25+,28+/m1/s1. The molecule has 6 nitrogen and oxygen atoms in total. The molecule has 34 heavy (non-hydrogen) atoms. The van der Waals surface area contributed by atoms with Crippen molar-refractivity contribution in [3.8, 4) is 0 Å². The van der Waals surface area contributed by atoms with Crippen LogP contribution in [0.4, 0.5) is 0 Å². The molecule has 0 aromatic rings. The molecule has 2 aliphatic carbocycles. The molecule has 0 aromatic carbocycles. The summed E-state index contributed by atoms with van der Waals surface area (Å²) >= 11 is 0. The molecule has 0 radical (unpaired) electrons. The SMILES string of the molecule is CC(=O)C[C@@H]1CC(=O)C[C@@H](CO)CC(C)=C[C@H]2C=C(C)[C@@H](C)[C@H]3[C@H](CC(C)C)NC(=O)[C@@]23C1=O. The minimum atomic E-state index is -1.33. The molecule has 2 N–H and O–H groups in total. The van der Waals surface area contributed by atoms with Crippen LogP contribution in [0.15, 0.2) is 23.3 Å². The van der Waals surface area contributed by atoms with E-state index >= 15 is 0 Å². The van der Waals surface area contributed by atoms with Crippen molar-refractivity contribution in [2.75, 3.05) is 6.61 Å². The number of nitrogens with one attached hydrogen (secondary N) is 1. The molecule has 1 aliphatic heterocycles. The van der Waals surface area contributed by atoms with Gasteiger partial charge in [0, 0.05) is 49.7 Å². The van der Waals surface area contributed by atoms with Crippen LogP contribution in [0.2, 0.25) is 0 Å². The molecule has 188 valence electrons. The van der Waals surface area contributed by atoms with Gasteiger partial charge in [-0.05, 0) is 51.4 Å². The monoisotopic (exact) mass is 471 g/mol. The van der Waals surface area contributed by atoms with E-state index in [1.807, 2.05) is 13.0 Å². The Labute approximate surface area is 203 Å². The van der Waals surface area contributed by atoms with Crippen LogP contribution >= 0.6 is 0 Å². The smallest absolute Gasteiger partial charge is 0.235 e. The maximum atomic E-state index is 14.5. The lowest BCUT2D eigenvalue weighted by atomic mass is 9.53. The van der Waals surface area contributed by atoms with Crippen molar-refractivity contribution in [3.05, 3.63) is 23.3 Å². The molecule has 1 amide bonds. The van der Waals surface area contributed by atoms with Gasteiger partial charge in [0.15, 0.2) is 5.78 Å². The van der Waals surface area contributed by atoms with E-state index < -0.39 is 17.3 Å². The highest BCUT2D eigenvalue weighted by molar-refractivity contribution is 6.11. The quantitative estimate of drug-likeness (QED) is 0.469. The summed E-state index contributed by atoms with van der Waals surface area (Å²) in [6.07, 6.45) is 5.43. The number of amides is 1. The number of allylic oxidation sites excluding steroid dienone is 4. The summed E-state index contributed by atoms with van der Waals surface area (Å²) < 4.78 is 0. The fraction of sp³-hybridized carbons (Fsp3) is 0.714. The zero-order chi connectivity index (χ0) is 25.4. The fourth-order valence-electron chi connectivity index (χ4n) is 6.80. The molecule has 1 fully saturated rings. The second kappa shape index (κ2) is 10.3. The van der Waals surface area contributed by atoms with Gasteiger partial charge in [-0.15, -0.1) is 0 Å². The second-order valence-corrected chi connectivity index (χ2v) is 11.5. The van der Waals surface area contributed by atoms with E-state index in [0.717, 1.165) is 17.6 Å². The van der Waals surface area contributed by atoms with Crippen LogP contribution in [0, 0.1) is 40.9 Å². The molecule has 0 aromatic heterocycles. The Morgan fingerprint density at radius 2 is 1.82 bits per heavy atom. The van der Waals surface area contributed by atoms with Gasteiger partial charge < -0.3 is 15.2 Å². The summed E-state index contributed by atoms with van der Waals surface area (Å²) in [5.74, 6) is -2.23. The molecule has 1 spiro atoms. The molecule has 1 saturated heterocycles. The minimum Gasteiger partial charge on any atom is -0.396 e. The summed E-state index contributed by atoms with van der Waals surface area (Å²) in [4.78, 5) is 53.5. The number of carbonyl (C=O) groups excluding carboxylic acids is 4. The van der Waals surface area contributed by atoms with E-state index in [0.29, 0.717) is 12.3 Å². The lowest BCUT2D eigenvalue weighted by Crippen LogP contribution is -2.54. The van der Waals surface area contributed by atoms with Crippen LogP contribution in [0.1, 0.15) is 73.6 Å². The van der Waals surface area contributed by atoms with Crippen LogP contribution in [0.25, 0.3) is 0 Å². The van der Waals surface area contributed by atoms with Gasteiger partial charge in [-0.25, -0.2) is 0 Å². The normalized spacial score (nSPS) is 36.8. The highest BCUT2D eigenvalue weighted by atomic mass is 16.3. The first-order valence-electron chi connectivity index (χ1n) is 12.7. The van der Waals surface area contributed by atoms with Gasteiger partial charge in [0.1, 0.15) is 17.0 Å². The van der Waals surface area contributed by atoms with Crippen molar-refractivity contribution in [2.45, 2.75) is 79.7 Å². The molecule has 0 bridgehead atoms. The lowest BCUT2D eigenvalue weighted by molar-refractivity contribution is -0.150. The predicted molar refractivity (Wildman–Crippen MR) is 131 cm³/mol. The van der Waals surface area contributed by atoms with Gasteiger partial charge >= 0.3 is 0 Å². The van der Waals surface area contributed by atoms with E-state index in [9.17, 15) is 24.3 Å². The van der Waals surface area contributed by atoms with Crippen molar-refractivity contribution in [2.24, 2.45) is 40.9 Å². The summed E-state index contributed by atoms with van der Waals surface area (Å²) in [7, 11) is 0. The Balaban J connectivity index is 2.26. The van der Waals surface area contributed by atoms with Crippen molar-refractivity contribution in [3.63, 3.8) is 0 Å². The summed E-state index contributed by atoms with van der Waals surface area (Å²) in [5.41, 5.74) is 0.783. The Kier molecular flexibility index (Phi) is 8.01. The van der Waals surface area contributed by atoms with Crippen LogP contribution in [-0.2, 0) is 19.2 Å². The Hall–Kier alpha value is -2.08. The second-order valence-electron chi connectivity index (χ2n) is 11.5. The van der Waals surface area contributed by atoms with E-state index in [4.69, 9.17) is 0 Å². The van der Waals surface area contributed by atoms with Gasteiger partial charge in [-0.2, -0.15) is 0 Å². The topological polar surface area (TPSA) is 101 Å². The predicted octanol–water partition coefficient (Wildman–Crippen LogP) is 3.82. The number of hydrogen-bond acceptors (Lipinski definition) is 5. The average Bonchev–Trinajstić information content (AvgIpc) is 3.01. The summed E-state index contributed by atoms with van der Waals surface area (Å²) in [5, 5.41) is 13.1. The largest absolute Gasteiger partial charge is 0.396 e. The zero-order valence-corrected chi connectivity index (χ0v) is 21.5. The molecule has 3 aliphatic rings. The first-order chi connectivity index (χ1) is 15.9. The van der Waals surface area contributed by atoms with Crippen molar-refractivity contribution < 1.29 is 24.3 Å². The Morgan fingerprint density at radius 1 is 1.15 bits per heavy atom. The fourth-order valence-corrected chi connectivity index (χ4v) is 6.80.